The van der Waals surface area contributed by atoms with Crippen molar-refractivity contribution in [2.24, 2.45) is 5.10 Å². The summed E-state index contributed by atoms with van der Waals surface area (Å²) in [6.07, 6.45) is 3.92. The van der Waals surface area contributed by atoms with Crippen molar-refractivity contribution in [3.8, 4) is 0 Å². The maximum absolute atomic E-state index is 12.0. The molecule has 2 aromatic carbocycles. The summed E-state index contributed by atoms with van der Waals surface area (Å²) in [5.41, 5.74) is 5.29. The van der Waals surface area contributed by atoms with Gasteiger partial charge in [0.25, 0.3) is 5.91 Å². The SMILES string of the molecule is CCCN(CCC)c1ccc(/C=N\NC(=O)c2cccc(Br)c2)cc1. The summed E-state index contributed by atoms with van der Waals surface area (Å²) in [4.78, 5) is 14.4. The Kier molecular flexibility index (Phi) is 7.67. The van der Waals surface area contributed by atoms with Gasteiger partial charge in [0, 0.05) is 28.8 Å². The monoisotopic (exact) mass is 401 g/mol. The minimum absolute atomic E-state index is 0.230. The third-order valence-electron chi connectivity index (χ3n) is 3.71. The van der Waals surface area contributed by atoms with Crippen molar-refractivity contribution in [2.75, 3.05) is 18.0 Å². The maximum Gasteiger partial charge on any atom is 0.271 e. The first-order valence-electron chi connectivity index (χ1n) is 8.58. The predicted octanol–water partition coefficient (Wildman–Crippen LogP) is 4.84. The molecular weight excluding hydrogens is 378 g/mol. The van der Waals surface area contributed by atoms with Crippen molar-refractivity contribution in [2.45, 2.75) is 26.7 Å². The van der Waals surface area contributed by atoms with Crippen LogP contribution in [-0.4, -0.2) is 25.2 Å². The molecule has 0 aliphatic rings. The molecular formula is C20H24BrN3O. The van der Waals surface area contributed by atoms with Crippen molar-refractivity contribution >= 4 is 33.7 Å². The van der Waals surface area contributed by atoms with Crippen LogP contribution in [0, 0.1) is 0 Å². The standard InChI is InChI=1S/C20H24BrN3O/c1-3-12-24(13-4-2)19-10-8-16(9-11-19)15-22-23-20(25)17-6-5-7-18(21)14-17/h5-11,14-15H,3-4,12-13H2,1-2H3,(H,23,25)/b22-15-. The molecule has 0 radical (unpaired) electrons. The van der Waals surface area contributed by atoms with Gasteiger partial charge in [0.1, 0.15) is 0 Å². The fourth-order valence-corrected chi connectivity index (χ4v) is 2.94. The van der Waals surface area contributed by atoms with Gasteiger partial charge in [-0.05, 0) is 48.7 Å². The number of halogens is 1. The van der Waals surface area contributed by atoms with Crippen LogP contribution in [-0.2, 0) is 0 Å². The Labute approximate surface area is 158 Å². The lowest BCUT2D eigenvalue weighted by molar-refractivity contribution is 0.0955. The molecule has 5 heteroatoms. The molecule has 0 atom stereocenters. The minimum atomic E-state index is -0.230. The number of rotatable bonds is 8. The number of nitrogens with one attached hydrogen (secondary N) is 1. The average Bonchev–Trinajstić information content (AvgIpc) is 2.62. The van der Waals surface area contributed by atoms with Crippen LogP contribution in [0.25, 0.3) is 0 Å². The Hall–Kier alpha value is -2.14. The molecule has 0 spiro atoms. The highest BCUT2D eigenvalue weighted by Crippen LogP contribution is 2.15. The summed E-state index contributed by atoms with van der Waals surface area (Å²) in [6.45, 7) is 6.50. The van der Waals surface area contributed by atoms with Crippen LogP contribution in [0.2, 0.25) is 0 Å². The fraction of sp³-hybridized carbons (Fsp3) is 0.300. The first kappa shape index (κ1) is 19.2. The lowest BCUT2D eigenvalue weighted by Gasteiger charge is -2.23. The molecule has 0 saturated carbocycles. The molecule has 2 rings (SSSR count). The molecule has 132 valence electrons. The lowest BCUT2D eigenvalue weighted by atomic mass is 10.2. The van der Waals surface area contributed by atoms with Crippen LogP contribution in [0.3, 0.4) is 0 Å². The molecule has 0 heterocycles. The molecule has 0 aliphatic carbocycles. The highest BCUT2D eigenvalue weighted by Gasteiger charge is 2.05. The van der Waals surface area contributed by atoms with E-state index in [1.807, 2.05) is 24.3 Å². The van der Waals surface area contributed by atoms with Gasteiger partial charge in [-0.25, -0.2) is 5.43 Å². The van der Waals surface area contributed by atoms with Crippen molar-refractivity contribution in [1.82, 2.24) is 5.43 Å². The van der Waals surface area contributed by atoms with E-state index in [4.69, 9.17) is 0 Å². The quantitative estimate of drug-likeness (QED) is 0.507. The first-order valence-corrected chi connectivity index (χ1v) is 9.37. The Bertz CT molecular complexity index is 707. The fourth-order valence-electron chi connectivity index (χ4n) is 2.54. The van der Waals surface area contributed by atoms with Gasteiger partial charge >= 0.3 is 0 Å². The number of carbonyl (C=O) groups is 1. The van der Waals surface area contributed by atoms with Crippen LogP contribution < -0.4 is 10.3 Å². The molecule has 25 heavy (non-hydrogen) atoms. The number of hydrazone groups is 1. The van der Waals surface area contributed by atoms with E-state index in [-0.39, 0.29) is 5.91 Å². The Morgan fingerprint density at radius 3 is 2.40 bits per heavy atom. The molecule has 1 N–H and O–H groups in total. The van der Waals surface area contributed by atoms with Gasteiger partial charge in [0.2, 0.25) is 0 Å². The number of hydrogen-bond donors (Lipinski definition) is 1. The van der Waals surface area contributed by atoms with Gasteiger partial charge in [0.15, 0.2) is 0 Å². The molecule has 0 fully saturated rings. The summed E-state index contributed by atoms with van der Waals surface area (Å²) in [6, 6.07) is 15.4. The second-order valence-corrected chi connectivity index (χ2v) is 6.70. The second-order valence-electron chi connectivity index (χ2n) is 5.79. The first-order chi connectivity index (χ1) is 12.1. The Morgan fingerprint density at radius 1 is 1.12 bits per heavy atom. The summed E-state index contributed by atoms with van der Waals surface area (Å²) in [5.74, 6) is -0.230. The number of hydrogen-bond acceptors (Lipinski definition) is 3. The van der Waals surface area contributed by atoms with E-state index in [1.54, 1.807) is 18.3 Å². The molecule has 2 aromatic rings. The van der Waals surface area contributed by atoms with Crippen LogP contribution >= 0.6 is 15.9 Å². The van der Waals surface area contributed by atoms with E-state index in [0.717, 1.165) is 36.0 Å². The third-order valence-corrected chi connectivity index (χ3v) is 4.21. The van der Waals surface area contributed by atoms with Gasteiger partial charge in [0.05, 0.1) is 6.21 Å². The van der Waals surface area contributed by atoms with Gasteiger partial charge in [-0.15, -0.1) is 0 Å². The van der Waals surface area contributed by atoms with E-state index < -0.39 is 0 Å². The van der Waals surface area contributed by atoms with Crippen molar-refractivity contribution < 1.29 is 4.79 Å². The molecule has 4 nitrogen and oxygen atoms in total. The van der Waals surface area contributed by atoms with E-state index in [2.05, 4.69) is 57.3 Å². The number of nitrogens with zero attached hydrogens (tertiary/aromatic N) is 2. The van der Waals surface area contributed by atoms with Crippen LogP contribution in [0.4, 0.5) is 5.69 Å². The number of benzene rings is 2. The van der Waals surface area contributed by atoms with E-state index >= 15 is 0 Å². The smallest absolute Gasteiger partial charge is 0.271 e. The topological polar surface area (TPSA) is 44.7 Å². The van der Waals surface area contributed by atoms with Crippen LogP contribution in [0.15, 0.2) is 58.1 Å². The number of carbonyl (C=O) groups excluding carboxylic acids is 1. The Morgan fingerprint density at radius 2 is 1.80 bits per heavy atom. The highest BCUT2D eigenvalue weighted by molar-refractivity contribution is 9.10. The minimum Gasteiger partial charge on any atom is -0.372 e. The van der Waals surface area contributed by atoms with E-state index in [1.165, 1.54) is 5.69 Å². The summed E-state index contributed by atoms with van der Waals surface area (Å²) >= 11 is 3.35. The van der Waals surface area contributed by atoms with Crippen LogP contribution in [0.5, 0.6) is 0 Å². The molecule has 0 aromatic heterocycles. The van der Waals surface area contributed by atoms with Crippen molar-refractivity contribution in [3.05, 3.63) is 64.1 Å². The van der Waals surface area contributed by atoms with E-state index in [9.17, 15) is 4.79 Å². The van der Waals surface area contributed by atoms with Gasteiger partial charge in [-0.2, -0.15) is 5.10 Å². The third kappa shape index (κ3) is 6.02. The summed E-state index contributed by atoms with van der Waals surface area (Å²) in [5, 5.41) is 4.04. The van der Waals surface area contributed by atoms with Crippen molar-refractivity contribution in [3.63, 3.8) is 0 Å². The number of amides is 1. The zero-order valence-corrected chi connectivity index (χ0v) is 16.3. The van der Waals surface area contributed by atoms with Gasteiger partial charge in [-0.3, -0.25) is 4.79 Å². The zero-order valence-electron chi connectivity index (χ0n) is 14.7. The normalized spacial score (nSPS) is 10.8. The molecule has 0 saturated heterocycles. The summed E-state index contributed by atoms with van der Waals surface area (Å²) < 4.78 is 0.864. The van der Waals surface area contributed by atoms with Crippen LogP contribution in [0.1, 0.15) is 42.6 Å². The highest BCUT2D eigenvalue weighted by atomic mass is 79.9. The summed E-state index contributed by atoms with van der Waals surface area (Å²) in [7, 11) is 0. The molecule has 0 bridgehead atoms. The van der Waals surface area contributed by atoms with Gasteiger partial charge in [-0.1, -0.05) is 48.0 Å². The average molecular weight is 402 g/mol. The zero-order chi connectivity index (χ0) is 18.1. The predicted molar refractivity (Wildman–Crippen MR) is 108 cm³/mol. The second kappa shape index (κ2) is 9.99. The largest absolute Gasteiger partial charge is 0.372 e. The molecule has 0 unspecified atom stereocenters. The Balaban J connectivity index is 1.96. The number of anilines is 1. The van der Waals surface area contributed by atoms with Crippen molar-refractivity contribution in [1.29, 1.82) is 0 Å². The van der Waals surface area contributed by atoms with E-state index in [0.29, 0.717) is 5.56 Å². The van der Waals surface area contributed by atoms with Gasteiger partial charge < -0.3 is 4.90 Å². The molecule has 1 amide bonds. The maximum atomic E-state index is 12.0. The molecule has 0 aliphatic heterocycles. The lowest BCUT2D eigenvalue weighted by Crippen LogP contribution is -2.24.